The Bertz CT molecular complexity index is 731. The topological polar surface area (TPSA) is 61.0 Å². The fourth-order valence-corrected chi connectivity index (χ4v) is 4.54. The zero-order valence-corrected chi connectivity index (χ0v) is 14.1. The summed E-state index contributed by atoms with van der Waals surface area (Å²) >= 11 is 0. The van der Waals surface area contributed by atoms with E-state index in [1.165, 1.54) is 19.3 Å². The van der Waals surface area contributed by atoms with Crippen molar-refractivity contribution in [2.75, 3.05) is 18.1 Å². The van der Waals surface area contributed by atoms with Crippen molar-refractivity contribution in [2.45, 2.75) is 50.8 Å². The van der Waals surface area contributed by atoms with Crippen LogP contribution in [0.3, 0.4) is 0 Å². The van der Waals surface area contributed by atoms with E-state index in [1.54, 1.807) is 0 Å². The molecule has 5 rings (SSSR count). The maximum Gasteiger partial charge on any atom is 0.227 e. The summed E-state index contributed by atoms with van der Waals surface area (Å²) in [6.07, 6.45) is 10.4. The molecule has 2 aromatic heterocycles. The van der Waals surface area contributed by atoms with Gasteiger partial charge in [-0.1, -0.05) is 6.42 Å². The van der Waals surface area contributed by atoms with Crippen LogP contribution in [-0.4, -0.2) is 49.8 Å². The van der Waals surface area contributed by atoms with Gasteiger partial charge in [0.2, 0.25) is 5.95 Å². The van der Waals surface area contributed by atoms with E-state index < -0.39 is 0 Å². The van der Waals surface area contributed by atoms with Crippen molar-refractivity contribution < 1.29 is 4.74 Å². The van der Waals surface area contributed by atoms with E-state index in [0.717, 1.165) is 55.8 Å². The zero-order valence-electron chi connectivity index (χ0n) is 14.1. The van der Waals surface area contributed by atoms with Gasteiger partial charge in [0.1, 0.15) is 0 Å². The second kappa shape index (κ2) is 5.58. The van der Waals surface area contributed by atoms with E-state index in [2.05, 4.69) is 24.8 Å². The van der Waals surface area contributed by atoms with Crippen molar-refractivity contribution >= 4 is 5.95 Å². The molecule has 0 N–H and O–H groups in total. The van der Waals surface area contributed by atoms with Crippen LogP contribution in [-0.2, 0) is 18.3 Å². The van der Waals surface area contributed by atoms with Crippen LogP contribution in [0.5, 0.6) is 0 Å². The van der Waals surface area contributed by atoms with Crippen LogP contribution < -0.4 is 4.90 Å². The van der Waals surface area contributed by atoms with Crippen molar-refractivity contribution in [3.8, 4) is 11.4 Å². The summed E-state index contributed by atoms with van der Waals surface area (Å²) in [7, 11) is 1.93. The number of anilines is 1. The van der Waals surface area contributed by atoms with Gasteiger partial charge in [0, 0.05) is 32.4 Å². The minimum Gasteiger partial charge on any atom is -0.376 e. The number of hydrogen-bond donors (Lipinski definition) is 0. The number of fused-ring (bicyclic) bond motifs is 1. The van der Waals surface area contributed by atoms with Crippen LogP contribution in [0, 0.1) is 5.92 Å². The molecule has 0 spiro atoms. The van der Waals surface area contributed by atoms with E-state index >= 15 is 0 Å². The first kappa shape index (κ1) is 14.5. The summed E-state index contributed by atoms with van der Waals surface area (Å²) in [5.74, 6) is 2.79. The van der Waals surface area contributed by atoms with Gasteiger partial charge in [-0.25, -0.2) is 0 Å². The highest BCUT2D eigenvalue weighted by molar-refractivity contribution is 5.56. The van der Waals surface area contributed by atoms with Crippen molar-refractivity contribution in [1.29, 1.82) is 0 Å². The minimum absolute atomic E-state index is 0.274. The van der Waals surface area contributed by atoms with Crippen LogP contribution in [0.4, 0.5) is 5.95 Å². The zero-order chi connectivity index (χ0) is 16.1. The normalized spacial score (nSPS) is 29.0. The number of ether oxygens (including phenoxy) is 1. The number of hydrogen-bond acceptors (Lipinski definition) is 5. The second-order valence-electron chi connectivity index (χ2n) is 7.38. The molecule has 0 radical (unpaired) electrons. The highest BCUT2D eigenvalue weighted by atomic mass is 16.5. The Morgan fingerprint density at radius 2 is 2.17 bits per heavy atom. The van der Waals surface area contributed by atoms with Gasteiger partial charge in [0.15, 0.2) is 5.82 Å². The van der Waals surface area contributed by atoms with Gasteiger partial charge >= 0.3 is 0 Å². The molecule has 2 aromatic rings. The van der Waals surface area contributed by atoms with Gasteiger partial charge in [0.05, 0.1) is 24.4 Å². The maximum atomic E-state index is 5.88. The lowest BCUT2D eigenvalue weighted by atomic mass is 9.92. The molecule has 1 saturated carbocycles. The molecular weight excluding hydrogens is 304 g/mol. The first-order valence-corrected chi connectivity index (χ1v) is 9.10. The molecule has 3 fully saturated rings. The molecule has 0 bridgehead atoms. The van der Waals surface area contributed by atoms with Gasteiger partial charge in [0.25, 0.3) is 0 Å². The molecule has 7 heteroatoms. The summed E-state index contributed by atoms with van der Waals surface area (Å²) in [6.45, 7) is 2.83. The van der Waals surface area contributed by atoms with E-state index in [9.17, 15) is 0 Å². The summed E-state index contributed by atoms with van der Waals surface area (Å²) in [5.41, 5.74) is 1.03. The largest absolute Gasteiger partial charge is 0.376 e. The molecule has 3 atom stereocenters. The summed E-state index contributed by atoms with van der Waals surface area (Å²) in [4.78, 5) is 2.46. The van der Waals surface area contributed by atoms with Crippen LogP contribution in [0.2, 0.25) is 0 Å². The van der Waals surface area contributed by atoms with Crippen LogP contribution in [0.1, 0.15) is 32.1 Å². The van der Waals surface area contributed by atoms with Crippen molar-refractivity contribution in [3.05, 3.63) is 12.4 Å². The van der Waals surface area contributed by atoms with Gasteiger partial charge in [-0.15, -0.1) is 10.2 Å². The van der Waals surface area contributed by atoms with Crippen molar-refractivity contribution in [2.24, 2.45) is 13.0 Å². The molecule has 128 valence electrons. The Kier molecular flexibility index (Phi) is 3.36. The molecule has 4 heterocycles. The summed E-state index contributed by atoms with van der Waals surface area (Å²) in [6, 6.07) is 0.666. The summed E-state index contributed by atoms with van der Waals surface area (Å²) in [5, 5.41) is 13.4. The third-order valence-electron chi connectivity index (χ3n) is 5.81. The second-order valence-corrected chi connectivity index (χ2v) is 7.38. The minimum atomic E-state index is 0.274. The lowest BCUT2D eigenvalue weighted by molar-refractivity contribution is 0.0971. The Balaban J connectivity index is 1.50. The van der Waals surface area contributed by atoms with E-state index in [-0.39, 0.29) is 6.10 Å². The first-order valence-electron chi connectivity index (χ1n) is 9.10. The fourth-order valence-electron chi connectivity index (χ4n) is 4.54. The number of aromatic nitrogens is 5. The first-order chi connectivity index (χ1) is 11.8. The Hall–Kier alpha value is -1.89. The van der Waals surface area contributed by atoms with E-state index in [1.807, 2.05) is 24.1 Å². The van der Waals surface area contributed by atoms with Crippen LogP contribution >= 0.6 is 0 Å². The van der Waals surface area contributed by atoms with Crippen molar-refractivity contribution in [1.82, 2.24) is 24.5 Å². The van der Waals surface area contributed by atoms with Gasteiger partial charge in [-0.3, -0.25) is 9.25 Å². The number of rotatable bonds is 4. The average molecular weight is 328 g/mol. The van der Waals surface area contributed by atoms with Crippen LogP contribution in [0.15, 0.2) is 12.4 Å². The summed E-state index contributed by atoms with van der Waals surface area (Å²) < 4.78 is 9.96. The molecular formula is C17H24N6O. The molecule has 0 aromatic carbocycles. The molecule has 2 aliphatic heterocycles. The lowest BCUT2D eigenvalue weighted by Crippen LogP contribution is -2.54. The average Bonchev–Trinajstić information content (AvgIpc) is 3.31. The lowest BCUT2D eigenvalue weighted by Gasteiger charge is -2.45. The van der Waals surface area contributed by atoms with E-state index in [4.69, 9.17) is 4.74 Å². The molecule has 3 unspecified atom stereocenters. The number of aryl methyl sites for hydroxylation is 1. The highest BCUT2D eigenvalue weighted by Gasteiger charge is 2.44. The SMILES string of the molecule is Cn1cc(-c2nnc(N3CC4CCCC43)n2CC2CCCO2)cn1. The Morgan fingerprint density at radius 1 is 1.21 bits per heavy atom. The fraction of sp³-hybridized carbons (Fsp3) is 0.706. The smallest absolute Gasteiger partial charge is 0.227 e. The van der Waals surface area contributed by atoms with Crippen LogP contribution in [0.25, 0.3) is 11.4 Å². The van der Waals surface area contributed by atoms with E-state index in [0.29, 0.717) is 6.04 Å². The highest BCUT2D eigenvalue weighted by Crippen LogP contribution is 2.42. The van der Waals surface area contributed by atoms with Crippen molar-refractivity contribution in [3.63, 3.8) is 0 Å². The predicted octanol–water partition coefficient (Wildman–Crippen LogP) is 1.85. The standard InChI is InChI=1S/C17H24N6O/c1-21-9-13(8-18-21)16-19-20-17(22-10-12-4-2-6-15(12)22)23(16)11-14-5-3-7-24-14/h8-9,12,14-15H,2-7,10-11H2,1H3. The predicted molar refractivity (Wildman–Crippen MR) is 89.7 cm³/mol. The number of nitrogens with zero attached hydrogens (tertiary/aromatic N) is 6. The Labute approximate surface area is 141 Å². The third-order valence-corrected chi connectivity index (χ3v) is 5.81. The quantitative estimate of drug-likeness (QED) is 0.857. The monoisotopic (exact) mass is 328 g/mol. The molecule has 3 aliphatic rings. The third kappa shape index (κ3) is 2.25. The molecule has 2 saturated heterocycles. The molecule has 24 heavy (non-hydrogen) atoms. The molecule has 1 aliphatic carbocycles. The van der Waals surface area contributed by atoms with Gasteiger partial charge < -0.3 is 9.64 Å². The Morgan fingerprint density at radius 3 is 2.92 bits per heavy atom. The van der Waals surface area contributed by atoms with Gasteiger partial charge in [-0.05, 0) is 31.6 Å². The molecule has 7 nitrogen and oxygen atoms in total. The molecule has 0 amide bonds. The van der Waals surface area contributed by atoms with Gasteiger partial charge in [-0.2, -0.15) is 5.10 Å². The maximum absolute atomic E-state index is 5.88.